The molecule has 0 saturated carbocycles. The molecule has 2 rings (SSSR count). The molecule has 1 aliphatic rings. The summed E-state index contributed by atoms with van der Waals surface area (Å²) in [5.41, 5.74) is 0. The first kappa shape index (κ1) is 16.1. The summed E-state index contributed by atoms with van der Waals surface area (Å²) in [6, 6.07) is 8.04. The summed E-state index contributed by atoms with van der Waals surface area (Å²) in [5.74, 6) is 0.894. The van der Waals surface area contributed by atoms with E-state index in [-0.39, 0.29) is 23.8 Å². The number of sulfonamides is 1. The molecular weight excluding hydrogens is 312 g/mol. The van der Waals surface area contributed by atoms with Gasteiger partial charge in [-0.2, -0.15) is 0 Å². The van der Waals surface area contributed by atoms with Crippen LogP contribution in [0, 0.1) is 0 Å². The van der Waals surface area contributed by atoms with Crippen LogP contribution in [0.2, 0.25) is 0 Å². The molecule has 0 atom stereocenters. The van der Waals surface area contributed by atoms with Crippen LogP contribution in [0.25, 0.3) is 0 Å². The lowest BCUT2D eigenvalue weighted by atomic mass is 10.3. The summed E-state index contributed by atoms with van der Waals surface area (Å²) in [5, 5.41) is 0. The smallest absolute Gasteiger partial charge is 0.240 e. The molecule has 1 saturated heterocycles. The van der Waals surface area contributed by atoms with E-state index in [1.807, 2.05) is 0 Å². The number of nitrogens with one attached hydrogen (secondary N) is 1. The molecule has 1 aromatic carbocycles. The van der Waals surface area contributed by atoms with Crippen molar-refractivity contribution in [1.29, 1.82) is 0 Å². The molecule has 0 aromatic heterocycles. The maximum absolute atomic E-state index is 12.0. The fourth-order valence-electron chi connectivity index (χ4n) is 2.02. The van der Waals surface area contributed by atoms with E-state index in [2.05, 4.69) is 4.72 Å². The second-order valence-corrected chi connectivity index (χ2v) is 8.15. The van der Waals surface area contributed by atoms with Crippen molar-refractivity contribution >= 4 is 26.7 Å². The fourth-order valence-corrected chi connectivity index (χ4v) is 4.13. The average Bonchev–Trinajstić information content (AvgIpc) is 2.48. The van der Waals surface area contributed by atoms with Crippen LogP contribution in [-0.4, -0.2) is 54.6 Å². The van der Waals surface area contributed by atoms with Crippen LogP contribution >= 0.6 is 0 Å². The molecule has 21 heavy (non-hydrogen) atoms. The molecule has 0 spiro atoms. The zero-order valence-electron chi connectivity index (χ0n) is 11.5. The van der Waals surface area contributed by atoms with Gasteiger partial charge in [0.2, 0.25) is 15.9 Å². The average molecular weight is 330 g/mol. The normalized spacial score (nSPS) is 16.9. The number of nitrogens with zero attached hydrogens (tertiary/aromatic N) is 1. The molecule has 1 aliphatic heterocycles. The highest BCUT2D eigenvalue weighted by molar-refractivity contribution is 7.89. The third-order valence-corrected chi connectivity index (χ3v) is 5.97. The Morgan fingerprint density at radius 1 is 1.19 bits per heavy atom. The largest absolute Gasteiger partial charge is 0.341 e. The van der Waals surface area contributed by atoms with E-state index in [0.717, 1.165) is 0 Å². The highest BCUT2D eigenvalue weighted by Crippen LogP contribution is 2.07. The number of rotatable bonds is 5. The predicted octanol–water partition coefficient (Wildman–Crippen LogP) is -0.0541. The lowest BCUT2D eigenvalue weighted by Gasteiger charge is -2.26. The van der Waals surface area contributed by atoms with Crippen molar-refractivity contribution in [2.45, 2.75) is 11.3 Å². The van der Waals surface area contributed by atoms with Crippen molar-refractivity contribution in [2.75, 3.05) is 31.1 Å². The van der Waals surface area contributed by atoms with Gasteiger partial charge in [0.1, 0.15) is 0 Å². The minimum atomic E-state index is -3.56. The Balaban J connectivity index is 1.81. The molecule has 6 nitrogen and oxygen atoms in total. The fraction of sp³-hybridized carbons (Fsp3) is 0.462. The van der Waals surface area contributed by atoms with Crippen LogP contribution in [0.3, 0.4) is 0 Å². The number of amides is 1. The van der Waals surface area contributed by atoms with E-state index < -0.39 is 20.8 Å². The van der Waals surface area contributed by atoms with Crippen LogP contribution in [0.15, 0.2) is 35.2 Å². The molecule has 1 fully saturated rings. The molecule has 0 bridgehead atoms. The molecule has 8 heteroatoms. The van der Waals surface area contributed by atoms with E-state index in [1.54, 1.807) is 23.1 Å². The van der Waals surface area contributed by atoms with Crippen LogP contribution in [0.1, 0.15) is 6.42 Å². The number of hydrogen-bond donors (Lipinski definition) is 1. The van der Waals surface area contributed by atoms with E-state index in [4.69, 9.17) is 0 Å². The molecule has 1 N–H and O–H groups in total. The van der Waals surface area contributed by atoms with Crippen molar-refractivity contribution < 1.29 is 17.4 Å². The van der Waals surface area contributed by atoms with Gasteiger partial charge in [-0.25, -0.2) is 13.1 Å². The molecule has 0 unspecified atom stereocenters. The van der Waals surface area contributed by atoms with Gasteiger partial charge < -0.3 is 4.90 Å². The van der Waals surface area contributed by atoms with Crippen LogP contribution in [0.4, 0.5) is 0 Å². The van der Waals surface area contributed by atoms with Crippen molar-refractivity contribution in [3.05, 3.63) is 30.3 Å². The maximum atomic E-state index is 12.0. The Bertz CT molecular complexity index is 606. The first-order valence-electron chi connectivity index (χ1n) is 6.66. The third-order valence-electron chi connectivity index (χ3n) is 3.21. The Morgan fingerprint density at radius 2 is 1.81 bits per heavy atom. The van der Waals surface area contributed by atoms with E-state index in [1.165, 1.54) is 12.1 Å². The minimum absolute atomic E-state index is 0.0651. The first-order valence-corrected chi connectivity index (χ1v) is 9.63. The molecular formula is C13H18N2O4S2. The summed E-state index contributed by atoms with van der Waals surface area (Å²) in [4.78, 5) is 13.7. The quantitative estimate of drug-likeness (QED) is 0.820. The summed E-state index contributed by atoms with van der Waals surface area (Å²) in [6.07, 6.45) is 0.110. The molecule has 1 aromatic rings. The Labute approximate surface area is 127 Å². The topological polar surface area (TPSA) is 83.6 Å². The van der Waals surface area contributed by atoms with Gasteiger partial charge in [-0.05, 0) is 12.1 Å². The summed E-state index contributed by atoms with van der Waals surface area (Å²) >= 11 is 0. The summed E-state index contributed by atoms with van der Waals surface area (Å²) in [6.45, 7) is 1.03. The van der Waals surface area contributed by atoms with E-state index in [0.29, 0.717) is 24.6 Å². The number of hydrogen-bond acceptors (Lipinski definition) is 4. The predicted molar refractivity (Wildman–Crippen MR) is 80.7 cm³/mol. The van der Waals surface area contributed by atoms with E-state index in [9.17, 15) is 17.4 Å². The molecule has 116 valence electrons. The SMILES string of the molecule is O=C(CCNS(=O)(=O)c1ccccc1)N1CCS(=O)CC1. The van der Waals surface area contributed by atoms with Crippen LogP contribution in [-0.2, 0) is 25.6 Å². The van der Waals surface area contributed by atoms with Gasteiger partial charge in [0.25, 0.3) is 0 Å². The molecule has 1 amide bonds. The Kier molecular flexibility index (Phi) is 5.49. The van der Waals surface area contributed by atoms with Crippen LogP contribution in [0.5, 0.6) is 0 Å². The standard InChI is InChI=1S/C13H18N2O4S2/c16-13(15-8-10-20(17)11-9-15)6-7-14-21(18,19)12-4-2-1-3-5-12/h1-5,14H,6-11H2. The molecule has 1 heterocycles. The van der Waals surface area contributed by atoms with Gasteiger partial charge in [-0.15, -0.1) is 0 Å². The van der Waals surface area contributed by atoms with Gasteiger partial charge >= 0.3 is 0 Å². The first-order chi connectivity index (χ1) is 9.99. The lowest BCUT2D eigenvalue weighted by Crippen LogP contribution is -2.42. The Hall–Kier alpha value is -1.25. The van der Waals surface area contributed by atoms with Gasteiger partial charge in [-0.1, -0.05) is 18.2 Å². The van der Waals surface area contributed by atoms with Gasteiger partial charge in [0.05, 0.1) is 4.90 Å². The van der Waals surface area contributed by atoms with Crippen molar-refractivity contribution in [2.24, 2.45) is 0 Å². The second-order valence-electron chi connectivity index (χ2n) is 4.69. The van der Waals surface area contributed by atoms with Crippen molar-refractivity contribution in [3.8, 4) is 0 Å². The Morgan fingerprint density at radius 3 is 2.43 bits per heavy atom. The number of carbonyl (C=O) groups is 1. The lowest BCUT2D eigenvalue weighted by molar-refractivity contribution is -0.130. The summed E-state index contributed by atoms with van der Waals surface area (Å²) in [7, 11) is -4.39. The molecule has 0 radical (unpaired) electrons. The summed E-state index contributed by atoms with van der Waals surface area (Å²) < 4.78 is 37.5. The highest BCUT2D eigenvalue weighted by atomic mass is 32.2. The molecule has 0 aliphatic carbocycles. The third kappa shape index (κ3) is 4.62. The minimum Gasteiger partial charge on any atom is -0.341 e. The zero-order chi connectivity index (χ0) is 15.3. The van der Waals surface area contributed by atoms with Crippen LogP contribution < -0.4 is 4.72 Å². The van der Waals surface area contributed by atoms with Gasteiger partial charge in [-0.3, -0.25) is 9.00 Å². The highest BCUT2D eigenvalue weighted by Gasteiger charge is 2.20. The van der Waals surface area contributed by atoms with Crippen molar-refractivity contribution in [1.82, 2.24) is 9.62 Å². The monoisotopic (exact) mass is 330 g/mol. The zero-order valence-corrected chi connectivity index (χ0v) is 13.2. The number of benzene rings is 1. The van der Waals surface area contributed by atoms with Gasteiger partial charge in [0, 0.05) is 48.4 Å². The number of carbonyl (C=O) groups excluding carboxylic acids is 1. The van der Waals surface area contributed by atoms with Gasteiger partial charge in [0.15, 0.2) is 0 Å². The van der Waals surface area contributed by atoms with Crippen molar-refractivity contribution in [3.63, 3.8) is 0 Å². The maximum Gasteiger partial charge on any atom is 0.240 e. The second kappa shape index (κ2) is 7.15. The van der Waals surface area contributed by atoms with E-state index >= 15 is 0 Å².